The summed E-state index contributed by atoms with van der Waals surface area (Å²) in [7, 11) is 4.00. The van der Waals surface area contributed by atoms with Crippen LogP contribution in [0, 0.1) is 5.92 Å². The number of nitrogens with zero attached hydrogens (tertiary/aromatic N) is 2. The second kappa shape index (κ2) is 6.21. The largest absolute Gasteiger partial charge is 0.341 e. The molecule has 0 spiro atoms. The van der Waals surface area contributed by atoms with Crippen LogP contribution >= 0.6 is 0 Å². The van der Waals surface area contributed by atoms with Crippen molar-refractivity contribution in [1.29, 1.82) is 0 Å². The lowest BCUT2D eigenvalue weighted by Gasteiger charge is -2.27. The Morgan fingerprint density at radius 2 is 2.12 bits per heavy atom. The van der Waals surface area contributed by atoms with Gasteiger partial charge in [-0.3, -0.25) is 9.69 Å². The van der Waals surface area contributed by atoms with Gasteiger partial charge in [-0.05, 0) is 39.9 Å². The first-order chi connectivity index (χ1) is 7.60. The van der Waals surface area contributed by atoms with E-state index in [1.54, 1.807) is 0 Å². The lowest BCUT2D eigenvalue weighted by Crippen LogP contribution is -2.45. The average molecular weight is 227 g/mol. The molecule has 1 heterocycles. The number of likely N-dealkylation sites (N-methyl/N-ethyl adjacent to an activating group) is 2. The SMILES string of the molecule is CCN1CC(C)CN(C)C(CCNC)C1=O. The molecular formula is C12H25N3O. The van der Waals surface area contributed by atoms with Crippen LogP contribution in [-0.2, 0) is 4.79 Å². The molecule has 0 aromatic rings. The van der Waals surface area contributed by atoms with Crippen molar-refractivity contribution < 1.29 is 4.79 Å². The predicted octanol–water partition coefficient (Wildman–Crippen LogP) is 0.395. The minimum Gasteiger partial charge on any atom is -0.341 e. The maximum absolute atomic E-state index is 12.3. The Morgan fingerprint density at radius 1 is 1.44 bits per heavy atom. The van der Waals surface area contributed by atoms with Gasteiger partial charge < -0.3 is 10.2 Å². The molecule has 0 aromatic heterocycles. The second-order valence-corrected chi connectivity index (χ2v) is 4.83. The molecule has 4 nitrogen and oxygen atoms in total. The molecule has 0 aliphatic carbocycles. The summed E-state index contributed by atoms with van der Waals surface area (Å²) in [5, 5.41) is 3.12. The van der Waals surface area contributed by atoms with Crippen molar-refractivity contribution in [3.05, 3.63) is 0 Å². The maximum Gasteiger partial charge on any atom is 0.239 e. The number of carbonyl (C=O) groups is 1. The van der Waals surface area contributed by atoms with Crippen LogP contribution in [0.5, 0.6) is 0 Å². The van der Waals surface area contributed by atoms with Gasteiger partial charge in [0.25, 0.3) is 0 Å². The molecule has 1 saturated heterocycles. The Balaban J connectivity index is 2.73. The van der Waals surface area contributed by atoms with Crippen molar-refractivity contribution in [2.75, 3.05) is 40.3 Å². The third-order valence-corrected chi connectivity index (χ3v) is 3.31. The zero-order chi connectivity index (χ0) is 12.1. The fourth-order valence-electron chi connectivity index (χ4n) is 2.45. The third kappa shape index (κ3) is 3.19. The number of hydrogen-bond donors (Lipinski definition) is 1. The van der Waals surface area contributed by atoms with Gasteiger partial charge in [0.2, 0.25) is 5.91 Å². The number of carbonyl (C=O) groups excluding carboxylic acids is 1. The Hall–Kier alpha value is -0.610. The zero-order valence-corrected chi connectivity index (χ0v) is 11.0. The van der Waals surface area contributed by atoms with Crippen molar-refractivity contribution in [3.63, 3.8) is 0 Å². The lowest BCUT2D eigenvalue weighted by molar-refractivity contribution is -0.135. The first-order valence-corrected chi connectivity index (χ1v) is 6.23. The molecule has 1 fully saturated rings. The molecule has 0 radical (unpaired) electrons. The fourth-order valence-corrected chi connectivity index (χ4v) is 2.45. The van der Waals surface area contributed by atoms with Crippen LogP contribution in [0.3, 0.4) is 0 Å². The minimum absolute atomic E-state index is 0.0531. The standard InChI is InChI=1S/C12H25N3O/c1-5-15-9-10(2)8-14(4)11(12(15)16)6-7-13-3/h10-11,13H,5-9H2,1-4H3. The summed E-state index contributed by atoms with van der Waals surface area (Å²) in [6, 6.07) is 0.0531. The number of rotatable bonds is 4. The summed E-state index contributed by atoms with van der Waals surface area (Å²) in [4.78, 5) is 16.5. The van der Waals surface area contributed by atoms with Crippen LogP contribution in [0.1, 0.15) is 20.3 Å². The predicted molar refractivity (Wildman–Crippen MR) is 66.4 cm³/mol. The molecule has 0 bridgehead atoms. The van der Waals surface area contributed by atoms with Crippen LogP contribution in [0.25, 0.3) is 0 Å². The van der Waals surface area contributed by atoms with Gasteiger partial charge in [0.15, 0.2) is 0 Å². The van der Waals surface area contributed by atoms with Crippen LogP contribution in [-0.4, -0.2) is 62.0 Å². The first kappa shape index (κ1) is 13.5. The van der Waals surface area contributed by atoms with Gasteiger partial charge in [-0.2, -0.15) is 0 Å². The van der Waals surface area contributed by atoms with E-state index in [0.29, 0.717) is 11.8 Å². The molecular weight excluding hydrogens is 202 g/mol. The third-order valence-electron chi connectivity index (χ3n) is 3.31. The van der Waals surface area contributed by atoms with Crippen LogP contribution in [0.2, 0.25) is 0 Å². The van der Waals surface area contributed by atoms with Crippen molar-refractivity contribution in [2.45, 2.75) is 26.3 Å². The van der Waals surface area contributed by atoms with E-state index in [1.165, 1.54) is 0 Å². The molecule has 2 atom stereocenters. The van der Waals surface area contributed by atoms with Gasteiger partial charge in [0, 0.05) is 19.6 Å². The number of nitrogens with one attached hydrogen (secondary N) is 1. The molecule has 94 valence electrons. The monoisotopic (exact) mass is 227 g/mol. The lowest BCUT2D eigenvalue weighted by atomic mass is 10.1. The van der Waals surface area contributed by atoms with E-state index in [1.807, 2.05) is 11.9 Å². The van der Waals surface area contributed by atoms with E-state index in [4.69, 9.17) is 0 Å². The highest BCUT2D eigenvalue weighted by molar-refractivity contribution is 5.82. The molecule has 1 amide bonds. The Labute approximate surface area is 99.0 Å². The molecule has 4 heteroatoms. The zero-order valence-electron chi connectivity index (χ0n) is 11.0. The highest BCUT2D eigenvalue weighted by Gasteiger charge is 2.31. The summed E-state index contributed by atoms with van der Waals surface area (Å²) < 4.78 is 0. The smallest absolute Gasteiger partial charge is 0.239 e. The summed E-state index contributed by atoms with van der Waals surface area (Å²) in [6.45, 7) is 7.91. The molecule has 16 heavy (non-hydrogen) atoms. The van der Waals surface area contributed by atoms with E-state index in [0.717, 1.165) is 32.6 Å². The molecule has 1 aliphatic rings. The van der Waals surface area contributed by atoms with Crippen LogP contribution in [0.4, 0.5) is 0 Å². The van der Waals surface area contributed by atoms with Crippen LogP contribution < -0.4 is 5.32 Å². The summed E-state index contributed by atoms with van der Waals surface area (Å²) >= 11 is 0. The van der Waals surface area contributed by atoms with Gasteiger partial charge >= 0.3 is 0 Å². The quantitative estimate of drug-likeness (QED) is 0.755. The molecule has 1 aliphatic heterocycles. The summed E-state index contributed by atoms with van der Waals surface area (Å²) in [5.41, 5.74) is 0. The maximum atomic E-state index is 12.3. The van der Waals surface area contributed by atoms with Crippen molar-refractivity contribution >= 4 is 5.91 Å². The fraction of sp³-hybridized carbons (Fsp3) is 0.917. The molecule has 1 rings (SSSR count). The van der Waals surface area contributed by atoms with Crippen molar-refractivity contribution in [3.8, 4) is 0 Å². The average Bonchev–Trinajstić information content (AvgIpc) is 2.34. The van der Waals surface area contributed by atoms with Gasteiger partial charge in [0.05, 0.1) is 6.04 Å². The Kier molecular flexibility index (Phi) is 5.22. The van der Waals surface area contributed by atoms with E-state index in [-0.39, 0.29) is 6.04 Å². The van der Waals surface area contributed by atoms with E-state index >= 15 is 0 Å². The highest BCUT2D eigenvalue weighted by Crippen LogP contribution is 2.15. The van der Waals surface area contributed by atoms with Crippen LogP contribution in [0.15, 0.2) is 0 Å². The Morgan fingerprint density at radius 3 is 2.69 bits per heavy atom. The van der Waals surface area contributed by atoms with E-state index in [2.05, 4.69) is 31.1 Å². The van der Waals surface area contributed by atoms with Crippen molar-refractivity contribution in [2.24, 2.45) is 5.92 Å². The number of amides is 1. The molecule has 0 saturated carbocycles. The first-order valence-electron chi connectivity index (χ1n) is 6.23. The van der Waals surface area contributed by atoms with Gasteiger partial charge in [-0.1, -0.05) is 6.92 Å². The second-order valence-electron chi connectivity index (χ2n) is 4.83. The van der Waals surface area contributed by atoms with Gasteiger partial charge in [-0.15, -0.1) is 0 Å². The molecule has 2 unspecified atom stereocenters. The van der Waals surface area contributed by atoms with Gasteiger partial charge in [0.1, 0.15) is 0 Å². The van der Waals surface area contributed by atoms with Gasteiger partial charge in [-0.25, -0.2) is 0 Å². The topological polar surface area (TPSA) is 35.6 Å². The summed E-state index contributed by atoms with van der Waals surface area (Å²) in [5.74, 6) is 0.859. The molecule has 0 aromatic carbocycles. The normalized spacial score (nSPS) is 28.2. The van der Waals surface area contributed by atoms with E-state index < -0.39 is 0 Å². The minimum atomic E-state index is 0.0531. The van der Waals surface area contributed by atoms with Crippen molar-refractivity contribution in [1.82, 2.24) is 15.1 Å². The highest BCUT2D eigenvalue weighted by atomic mass is 16.2. The Bertz CT molecular complexity index is 232. The van der Waals surface area contributed by atoms with E-state index in [9.17, 15) is 4.79 Å². The molecule has 1 N–H and O–H groups in total. The number of hydrogen-bond acceptors (Lipinski definition) is 3. The summed E-state index contributed by atoms with van der Waals surface area (Å²) in [6.07, 6.45) is 0.898.